The maximum Gasteiger partial charge on any atom is 0.226 e. The number of benzene rings is 1. The maximum absolute atomic E-state index is 12.1. The van der Waals surface area contributed by atoms with E-state index in [1.807, 2.05) is 19.1 Å². The summed E-state index contributed by atoms with van der Waals surface area (Å²) in [6, 6.07) is 7.22. The normalized spacial score (nSPS) is 11.4. The minimum Gasteiger partial charge on any atom is -0.409 e. The molecule has 5 nitrogen and oxygen atoms in total. The van der Waals surface area contributed by atoms with E-state index < -0.39 is 0 Å². The number of oxime groups is 1. The van der Waals surface area contributed by atoms with Crippen molar-refractivity contribution in [2.24, 2.45) is 10.9 Å². The Morgan fingerprint density at radius 2 is 2.26 bits per heavy atom. The van der Waals surface area contributed by atoms with Crippen molar-refractivity contribution < 1.29 is 10.0 Å². The summed E-state index contributed by atoms with van der Waals surface area (Å²) in [6.07, 6.45) is 0.649. The number of hydrogen-bond donors (Lipinski definition) is 2. The van der Waals surface area contributed by atoms with E-state index in [-0.39, 0.29) is 11.7 Å². The van der Waals surface area contributed by atoms with Crippen LogP contribution in [-0.4, -0.2) is 34.9 Å². The summed E-state index contributed by atoms with van der Waals surface area (Å²) in [5.41, 5.74) is 6.27. The molecule has 1 aromatic rings. The molecule has 3 N–H and O–H groups in total. The summed E-state index contributed by atoms with van der Waals surface area (Å²) >= 11 is 5.88. The Bertz CT molecular complexity index is 463. The number of likely N-dealkylation sites (N-methyl/N-ethyl adjacent to an activating group) is 1. The molecular formula is C13H18ClN3O2. The van der Waals surface area contributed by atoms with E-state index in [0.29, 0.717) is 31.0 Å². The Morgan fingerprint density at radius 1 is 1.53 bits per heavy atom. The van der Waals surface area contributed by atoms with Crippen LogP contribution in [0.15, 0.2) is 29.4 Å². The number of carbonyl (C=O) groups excluding carboxylic acids is 1. The van der Waals surface area contributed by atoms with Crippen molar-refractivity contribution in [2.45, 2.75) is 19.8 Å². The highest BCUT2D eigenvalue weighted by molar-refractivity contribution is 6.30. The van der Waals surface area contributed by atoms with E-state index in [1.165, 1.54) is 0 Å². The fourth-order valence-corrected chi connectivity index (χ4v) is 1.90. The lowest BCUT2D eigenvalue weighted by Gasteiger charge is -2.20. The molecule has 0 aliphatic carbocycles. The Morgan fingerprint density at radius 3 is 2.84 bits per heavy atom. The van der Waals surface area contributed by atoms with Crippen LogP contribution in [0.2, 0.25) is 5.02 Å². The van der Waals surface area contributed by atoms with Crippen molar-refractivity contribution in [3.63, 3.8) is 0 Å². The minimum atomic E-state index is -0.00416. The average Bonchev–Trinajstić information content (AvgIpc) is 2.39. The predicted molar refractivity (Wildman–Crippen MR) is 75.4 cm³/mol. The molecule has 104 valence electrons. The van der Waals surface area contributed by atoms with Gasteiger partial charge in [0.1, 0.15) is 5.84 Å². The first-order chi connectivity index (χ1) is 9.06. The molecule has 1 aromatic carbocycles. The van der Waals surface area contributed by atoms with E-state index in [1.54, 1.807) is 17.0 Å². The van der Waals surface area contributed by atoms with Gasteiger partial charge in [-0.15, -0.1) is 0 Å². The Kier molecular flexibility index (Phi) is 6.15. The summed E-state index contributed by atoms with van der Waals surface area (Å²) in [5.74, 6) is 0.115. The molecule has 0 aliphatic heterocycles. The Balaban J connectivity index is 2.59. The highest BCUT2D eigenvalue weighted by atomic mass is 35.5. The summed E-state index contributed by atoms with van der Waals surface area (Å²) in [7, 11) is 0. The molecule has 0 heterocycles. The number of rotatable bonds is 6. The zero-order valence-corrected chi connectivity index (χ0v) is 11.6. The first-order valence-corrected chi connectivity index (χ1v) is 6.43. The lowest BCUT2D eigenvalue weighted by molar-refractivity contribution is -0.130. The van der Waals surface area contributed by atoms with Gasteiger partial charge in [-0.25, -0.2) is 0 Å². The second-order valence-electron chi connectivity index (χ2n) is 4.12. The van der Waals surface area contributed by atoms with Gasteiger partial charge in [0.2, 0.25) is 5.91 Å². The summed E-state index contributed by atoms with van der Waals surface area (Å²) in [5, 5.41) is 12.0. The van der Waals surface area contributed by atoms with Crippen molar-refractivity contribution in [1.29, 1.82) is 0 Å². The molecule has 6 heteroatoms. The van der Waals surface area contributed by atoms with Gasteiger partial charge in [0.25, 0.3) is 0 Å². The van der Waals surface area contributed by atoms with E-state index in [2.05, 4.69) is 5.16 Å². The van der Waals surface area contributed by atoms with Crippen LogP contribution < -0.4 is 5.73 Å². The lowest BCUT2D eigenvalue weighted by atomic mass is 10.1. The molecule has 0 aromatic heterocycles. The van der Waals surface area contributed by atoms with Crippen LogP contribution in [0.5, 0.6) is 0 Å². The first-order valence-electron chi connectivity index (χ1n) is 6.05. The number of hydrogen-bond acceptors (Lipinski definition) is 3. The third-order valence-electron chi connectivity index (χ3n) is 2.75. The van der Waals surface area contributed by atoms with Crippen LogP contribution in [0, 0.1) is 0 Å². The molecule has 0 saturated carbocycles. The van der Waals surface area contributed by atoms with Gasteiger partial charge < -0.3 is 15.8 Å². The highest BCUT2D eigenvalue weighted by Crippen LogP contribution is 2.12. The SMILES string of the molecule is CCN(CCC(N)=NO)C(=O)Cc1cccc(Cl)c1. The largest absolute Gasteiger partial charge is 0.409 e. The summed E-state index contributed by atoms with van der Waals surface area (Å²) in [6.45, 7) is 2.91. The molecule has 1 rings (SSSR count). The fourth-order valence-electron chi connectivity index (χ4n) is 1.69. The van der Waals surface area contributed by atoms with E-state index in [9.17, 15) is 4.79 Å². The predicted octanol–water partition coefficient (Wildman–Crippen LogP) is 1.87. The summed E-state index contributed by atoms with van der Waals surface area (Å²) in [4.78, 5) is 13.8. The Labute approximate surface area is 117 Å². The fraction of sp³-hybridized carbons (Fsp3) is 0.385. The monoisotopic (exact) mass is 283 g/mol. The zero-order chi connectivity index (χ0) is 14.3. The van der Waals surface area contributed by atoms with Gasteiger partial charge >= 0.3 is 0 Å². The summed E-state index contributed by atoms with van der Waals surface area (Å²) < 4.78 is 0. The molecule has 0 fully saturated rings. The third-order valence-corrected chi connectivity index (χ3v) is 2.98. The van der Waals surface area contributed by atoms with Gasteiger partial charge in [-0.1, -0.05) is 28.9 Å². The Hall–Kier alpha value is -1.75. The van der Waals surface area contributed by atoms with Crippen LogP contribution in [0.25, 0.3) is 0 Å². The van der Waals surface area contributed by atoms with Crippen LogP contribution in [-0.2, 0) is 11.2 Å². The first kappa shape index (κ1) is 15.3. The number of halogens is 1. The highest BCUT2D eigenvalue weighted by Gasteiger charge is 2.12. The smallest absolute Gasteiger partial charge is 0.226 e. The lowest BCUT2D eigenvalue weighted by Crippen LogP contribution is -2.35. The second kappa shape index (κ2) is 7.63. The molecule has 19 heavy (non-hydrogen) atoms. The van der Waals surface area contributed by atoms with E-state index in [0.717, 1.165) is 5.56 Å². The molecular weight excluding hydrogens is 266 g/mol. The number of amidine groups is 1. The van der Waals surface area contributed by atoms with Gasteiger partial charge in [-0.05, 0) is 24.6 Å². The minimum absolute atomic E-state index is 0.00416. The van der Waals surface area contributed by atoms with Crippen molar-refractivity contribution >= 4 is 23.3 Å². The molecule has 0 atom stereocenters. The molecule has 0 radical (unpaired) electrons. The molecule has 0 unspecified atom stereocenters. The average molecular weight is 284 g/mol. The van der Waals surface area contributed by atoms with Crippen molar-refractivity contribution in [1.82, 2.24) is 4.90 Å². The van der Waals surface area contributed by atoms with Gasteiger partial charge in [-0.3, -0.25) is 4.79 Å². The molecule has 0 spiro atoms. The molecule has 0 bridgehead atoms. The standard InChI is InChI=1S/C13H18ClN3O2/c1-2-17(7-6-12(15)16-19)13(18)9-10-4-3-5-11(14)8-10/h3-5,8,19H,2,6-7,9H2,1H3,(H2,15,16). The molecule has 1 amide bonds. The van der Waals surface area contributed by atoms with Crippen molar-refractivity contribution in [2.75, 3.05) is 13.1 Å². The van der Waals surface area contributed by atoms with Crippen LogP contribution in [0.3, 0.4) is 0 Å². The zero-order valence-electron chi connectivity index (χ0n) is 10.8. The van der Waals surface area contributed by atoms with Gasteiger partial charge in [0.15, 0.2) is 0 Å². The quantitative estimate of drug-likeness (QED) is 0.362. The maximum atomic E-state index is 12.1. The van der Waals surface area contributed by atoms with Crippen LogP contribution >= 0.6 is 11.6 Å². The third kappa shape index (κ3) is 5.18. The number of carbonyl (C=O) groups is 1. The van der Waals surface area contributed by atoms with Gasteiger partial charge in [-0.2, -0.15) is 0 Å². The molecule has 0 saturated heterocycles. The van der Waals surface area contributed by atoms with Gasteiger partial charge in [0.05, 0.1) is 6.42 Å². The van der Waals surface area contributed by atoms with Crippen molar-refractivity contribution in [3.8, 4) is 0 Å². The van der Waals surface area contributed by atoms with E-state index in [4.69, 9.17) is 22.5 Å². The van der Waals surface area contributed by atoms with Crippen LogP contribution in [0.4, 0.5) is 0 Å². The van der Waals surface area contributed by atoms with Gasteiger partial charge in [0, 0.05) is 24.5 Å². The topological polar surface area (TPSA) is 78.9 Å². The molecule has 0 aliphatic rings. The second-order valence-corrected chi connectivity index (χ2v) is 4.56. The van der Waals surface area contributed by atoms with E-state index >= 15 is 0 Å². The van der Waals surface area contributed by atoms with Crippen LogP contribution in [0.1, 0.15) is 18.9 Å². The number of amides is 1. The van der Waals surface area contributed by atoms with Crippen molar-refractivity contribution in [3.05, 3.63) is 34.9 Å². The number of nitrogens with two attached hydrogens (primary N) is 1. The number of nitrogens with zero attached hydrogens (tertiary/aromatic N) is 2.